The highest BCUT2D eigenvalue weighted by Gasteiger charge is 2.09. The Labute approximate surface area is 89.2 Å². The summed E-state index contributed by atoms with van der Waals surface area (Å²) in [4.78, 5) is 15.3. The summed E-state index contributed by atoms with van der Waals surface area (Å²) in [5.74, 6) is 1.56. The normalized spacial score (nSPS) is 10.7. The summed E-state index contributed by atoms with van der Waals surface area (Å²) in [5.41, 5.74) is 0. The molecule has 0 bridgehead atoms. The number of H-pyrrole nitrogens is 1. The summed E-state index contributed by atoms with van der Waals surface area (Å²) < 4.78 is 4.81. The number of aromatic amines is 1. The van der Waals surface area contributed by atoms with E-state index in [0.29, 0.717) is 18.3 Å². The molecule has 0 aliphatic heterocycles. The lowest BCUT2D eigenvalue weighted by atomic mass is 10.1. The molecule has 0 saturated heterocycles. The third kappa shape index (κ3) is 4.10. The maximum atomic E-state index is 11.1. The first-order valence-corrected chi connectivity index (χ1v) is 5.17. The van der Waals surface area contributed by atoms with E-state index in [4.69, 9.17) is 4.74 Å². The van der Waals surface area contributed by atoms with Gasteiger partial charge < -0.3 is 4.74 Å². The summed E-state index contributed by atoms with van der Waals surface area (Å²) in [5, 5.41) is 6.76. The summed E-state index contributed by atoms with van der Waals surface area (Å²) in [6.45, 7) is 6.37. The summed E-state index contributed by atoms with van der Waals surface area (Å²) in [6.07, 6.45) is 0.984. The van der Waals surface area contributed by atoms with Crippen molar-refractivity contribution in [2.24, 2.45) is 5.92 Å². The smallest absolute Gasteiger partial charge is 0.313 e. The molecule has 0 amide bonds. The zero-order valence-corrected chi connectivity index (χ0v) is 9.41. The fourth-order valence-electron chi connectivity index (χ4n) is 1.22. The molecule has 0 saturated carbocycles. The van der Waals surface area contributed by atoms with Crippen molar-refractivity contribution >= 4 is 5.97 Å². The van der Waals surface area contributed by atoms with Crippen LogP contribution in [-0.2, 0) is 22.4 Å². The maximum absolute atomic E-state index is 11.1. The number of aromatic nitrogens is 3. The van der Waals surface area contributed by atoms with Gasteiger partial charge in [0.25, 0.3) is 0 Å². The number of nitrogens with zero attached hydrogens (tertiary/aromatic N) is 2. The van der Waals surface area contributed by atoms with Crippen LogP contribution in [0.3, 0.4) is 0 Å². The molecule has 1 aromatic heterocycles. The highest BCUT2D eigenvalue weighted by molar-refractivity contribution is 5.71. The Bertz CT molecular complexity index is 320. The standard InChI is InChI=1S/C10H17N3O2/c1-4-15-10(14)6-9-11-8(12-13-9)5-7(2)3/h7H,4-6H2,1-3H3,(H,11,12,13). The number of hydrogen-bond donors (Lipinski definition) is 1. The average molecular weight is 211 g/mol. The van der Waals surface area contributed by atoms with Crippen LogP contribution in [0, 0.1) is 5.92 Å². The summed E-state index contributed by atoms with van der Waals surface area (Å²) in [7, 11) is 0. The van der Waals surface area contributed by atoms with E-state index in [1.165, 1.54) is 0 Å². The van der Waals surface area contributed by atoms with Crippen molar-refractivity contribution in [1.82, 2.24) is 15.2 Å². The first-order valence-electron chi connectivity index (χ1n) is 5.17. The van der Waals surface area contributed by atoms with Gasteiger partial charge in [0.2, 0.25) is 0 Å². The number of carbonyl (C=O) groups excluding carboxylic acids is 1. The molecule has 84 valence electrons. The predicted octanol–water partition coefficient (Wildman–Crippen LogP) is 1.11. The topological polar surface area (TPSA) is 67.9 Å². The van der Waals surface area contributed by atoms with Gasteiger partial charge in [-0.3, -0.25) is 9.89 Å². The molecule has 5 nitrogen and oxygen atoms in total. The molecule has 15 heavy (non-hydrogen) atoms. The van der Waals surface area contributed by atoms with Crippen molar-refractivity contribution in [1.29, 1.82) is 0 Å². The molecule has 1 rings (SSSR count). The molecule has 0 aliphatic carbocycles. The van der Waals surface area contributed by atoms with Crippen LogP contribution in [0.2, 0.25) is 0 Å². The minimum Gasteiger partial charge on any atom is -0.466 e. The second kappa shape index (κ2) is 5.48. The Balaban J connectivity index is 2.49. The molecule has 0 radical (unpaired) electrons. The molecule has 0 aromatic carbocycles. The Morgan fingerprint density at radius 1 is 1.53 bits per heavy atom. The number of esters is 1. The van der Waals surface area contributed by atoms with Crippen molar-refractivity contribution in [3.8, 4) is 0 Å². The Morgan fingerprint density at radius 3 is 2.87 bits per heavy atom. The van der Waals surface area contributed by atoms with Crippen LogP contribution in [0.25, 0.3) is 0 Å². The minimum atomic E-state index is -0.273. The number of hydrogen-bond acceptors (Lipinski definition) is 4. The SMILES string of the molecule is CCOC(=O)Cc1nc(CC(C)C)n[nH]1. The van der Waals surface area contributed by atoms with E-state index < -0.39 is 0 Å². The number of ether oxygens (including phenoxy) is 1. The highest BCUT2D eigenvalue weighted by atomic mass is 16.5. The second-order valence-electron chi connectivity index (χ2n) is 3.78. The molecule has 1 aromatic rings. The number of carbonyl (C=O) groups is 1. The van der Waals surface area contributed by atoms with Gasteiger partial charge in [-0.15, -0.1) is 0 Å². The van der Waals surface area contributed by atoms with Gasteiger partial charge in [0.15, 0.2) is 5.82 Å². The van der Waals surface area contributed by atoms with Crippen LogP contribution in [0.4, 0.5) is 0 Å². The first-order chi connectivity index (χ1) is 7.11. The Hall–Kier alpha value is -1.39. The Kier molecular flexibility index (Phi) is 4.27. The third-order valence-corrected chi connectivity index (χ3v) is 1.79. The molecule has 5 heteroatoms. The molecular weight excluding hydrogens is 194 g/mol. The van der Waals surface area contributed by atoms with Crippen LogP contribution >= 0.6 is 0 Å². The van der Waals surface area contributed by atoms with Crippen molar-refractivity contribution < 1.29 is 9.53 Å². The van der Waals surface area contributed by atoms with Crippen LogP contribution in [0.15, 0.2) is 0 Å². The molecule has 1 heterocycles. The third-order valence-electron chi connectivity index (χ3n) is 1.79. The van der Waals surface area contributed by atoms with E-state index in [-0.39, 0.29) is 12.4 Å². The minimum absolute atomic E-state index is 0.166. The molecule has 0 atom stereocenters. The maximum Gasteiger partial charge on any atom is 0.313 e. The first kappa shape index (κ1) is 11.7. The second-order valence-corrected chi connectivity index (χ2v) is 3.78. The summed E-state index contributed by atoms with van der Waals surface area (Å²) >= 11 is 0. The fourth-order valence-corrected chi connectivity index (χ4v) is 1.22. The van der Waals surface area contributed by atoms with Gasteiger partial charge in [-0.2, -0.15) is 5.10 Å². The lowest BCUT2D eigenvalue weighted by Crippen LogP contribution is -2.08. The van der Waals surface area contributed by atoms with Gasteiger partial charge in [0.05, 0.1) is 6.61 Å². The zero-order valence-electron chi connectivity index (χ0n) is 9.41. The lowest BCUT2D eigenvalue weighted by Gasteiger charge is -1.98. The van der Waals surface area contributed by atoms with E-state index in [1.807, 2.05) is 0 Å². The molecular formula is C10H17N3O2. The van der Waals surface area contributed by atoms with Gasteiger partial charge in [0.1, 0.15) is 12.2 Å². The van der Waals surface area contributed by atoms with Gasteiger partial charge >= 0.3 is 5.97 Å². The zero-order chi connectivity index (χ0) is 11.3. The van der Waals surface area contributed by atoms with Crippen LogP contribution < -0.4 is 0 Å². The van der Waals surface area contributed by atoms with Crippen LogP contribution in [0.5, 0.6) is 0 Å². The largest absolute Gasteiger partial charge is 0.466 e. The lowest BCUT2D eigenvalue weighted by molar-refractivity contribution is -0.142. The van der Waals surface area contributed by atoms with E-state index in [9.17, 15) is 4.79 Å². The van der Waals surface area contributed by atoms with E-state index in [0.717, 1.165) is 12.2 Å². The highest BCUT2D eigenvalue weighted by Crippen LogP contribution is 2.03. The van der Waals surface area contributed by atoms with E-state index in [1.54, 1.807) is 6.92 Å². The average Bonchev–Trinajstić information content (AvgIpc) is 2.51. The van der Waals surface area contributed by atoms with Gasteiger partial charge in [0, 0.05) is 6.42 Å². The molecule has 1 N–H and O–H groups in total. The van der Waals surface area contributed by atoms with E-state index in [2.05, 4.69) is 29.0 Å². The van der Waals surface area contributed by atoms with Crippen molar-refractivity contribution in [3.63, 3.8) is 0 Å². The van der Waals surface area contributed by atoms with Crippen molar-refractivity contribution in [2.45, 2.75) is 33.6 Å². The molecule has 0 unspecified atom stereocenters. The van der Waals surface area contributed by atoms with Crippen LogP contribution in [0.1, 0.15) is 32.4 Å². The van der Waals surface area contributed by atoms with Crippen molar-refractivity contribution in [3.05, 3.63) is 11.6 Å². The number of nitrogens with one attached hydrogen (secondary N) is 1. The predicted molar refractivity (Wildman–Crippen MR) is 55.3 cm³/mol. The van der Waals surface area contributed by atoms with Gasteiger partial charge in [-0.05, 0) is 12.8 Å². The van der Waals surface area contributed by atoms with Gasteiger partial charge in [-0.25, -0.2) is 4.98 Å². The van der Waals surface area contributed by atoms with Gasteiger partial charge in [-0.1, -0.05) is 13.8 Å². The number of rotatable bonds is 5. The molecule has 0 fully saturated rings. The quantitative estimate of drug-likeness (QED) is 0.741. The van der Waals surface area contributed by atoms with E-state index >= 15 is 0 Å². The fraction of sp³-hybridized carbons (Fsp3) is 0.700. The Morgan fingerprint density at radius 2 is 2.27 bits per heavy atom. The molecule has 0 spiro atoms. The summed E-state index contributed by atoms with van der Waals surface area (Å²) in [6, 6.07) is 0. The molecule has 0 aliphatic rings. The monoisotopic (exact) mass is 211 g/mol. The van der Waals surface area contributed by atoms with Crippen molar-refractivity contribution in [2.75, 3.05) is 6.61 Å². The van der Waals surface area contributed by atoms with Crippen LogP contribution in [-0.4, -0.2) is 27.8 Å².